The zero-order valence-electron chi connectivity index (χ0n) is 10.3. The van der Waals surface area contributed by atoms with E-state index in [4.69, 9.17) is 4.74 Å². The predicted molar refractivity (Wildman–Crippen MR) is 76.6 cm³/mol. The molecule has 0 saturated heterocycles. The van der Waals surface area contributed by atoms with Crippen LogP contribution in [0.15, 0.2) is 22.7 Å². The van der Waals surface area contributed by atoms with Gasteiger partial charge in [0.1, 0.15) is 11.5 Å². The topological polar surface area (TPSA) is 47.0 Å². The third-order valence-electron chi connectivity index (χ3n) is 2.51. The number of halogens is 2. The molecule has 0 bridgehead atoms. The highest BCUT2D eigenvalue weighted by Gasteiger charge is 2.14. The Morgan fingerprint density at radius 1 is 1.47 bits per heavy atom. The van der Waals surface area contributed by atoms with Crippen LogP contribution in [-0.2, 0) is 11.3 Å². The van der Waals surface area contributed by atoms with Crippen LogP contribution in [0.5, 0.6) is 0 Å². The maximum absolute atomic E-state index is 13.8. The summed E-state index contributed by atoms with van der Waals surface area (Å²) >= 11 is 4.61. The van der Waals surface area contributed by atoms with Crippen LogP contribution in [0, 0.1) is 5.82 Å². The summed E-state index contributed by atoms with van der Waals surface area (Å²) in [5, 5.41) is 7.23. The van der Waals surface area contributed by atoms with Crippen molar-refractivity contribution in [1.29, 1.82) is 0 Å². The highest BCUT2D eigenvalue weighted by atomic mass is 79.9. The zero-order chi connectivity index (χ0) is 13.7. The van der Waals surface area contributed by atoms with Gasteiger partial charge in [0.2, 0.25) is 0 Å². The van der Waals surface area contributed by atoms with E-state index >= 15 is 0 Å². The molecule has 1 aromatic carbocycles. The molecule has 7 heteroatoms. The Labute approximate surface area is 123 Å². The Kier molecular flexibility index (Phi) is 5.38. The molecule has 1 N–H and O–H groups in total. The highest BCUT2D eigenvalue weighted by Crippen LogP contribution is 2.28. The van der Waals surface area contributed by atoms with E-state index < -0.39 is 0 Å². The van der Waals surface area contributed by atoms with Crippen molar-refractivity contribution in [2.24, 2.45) is 0 Å². The minimum Gasteiger partial charge on any atom is -0.383 e. The molecule has 0 atom stereocenters. The van der Waals surface area contributed by atoms with E-state index in [1.807, 2.05) is 0 Å². The van der Waals surface area contributed by atoms with Crippen LogP contribution >= 0.6 is 27.5 Å². The molecule has 0 amide bonds. The van der Waals surface area contributed by atoms with Gasteiger partial charge in [-0.3, -0.25) is 0 Å². The van der Waals surface area contributed by atoms with Crippen molar-refractivity contribution in [3.05, 3.63) is 33.4 Å². The van der Waals surface area contributed by atoms with Gasteiger partial charge in [-0.25, -0.2) is 4.39 Å². The van der Waals surface area contributed by atoms with E-state index in [2.05, 4.69) is 30.8 Å². The van der Waals surface area contributed by atoms with Gasteiger partial charge in [0.25, 0.3) is 0 Å². The van der Waals surface area contributed by atoms with Crippen molar-refractivity contribution < 1.29 is 9.13 Å². The minimum atomic E-state index is -0.297. The summed E-state index contributed by atoms with van der Waals surface area (Å²) in [6, 6.07) is 4.79. The largest absolute Gasteiger partial charge is 0.383 e. The number of nitrogens with one attached hydrogen (secondary N) is 1. The molecule has 0 fully saturated rings. The lowest BCUT2D eigenvalue weighted by atomic mass is 10.1. The lowest BCUT2D eigenvalue weighted by Crippen LogP contribution is -2.18. The van der Waals surface area contributed by atoms with Gasteiger partial charge in [-0.1, -0.05) is 20.4 Å². The number of hydrogen-bond acceptors (Lipinski definition) is 5. The monoisotopic (exact) mass is 345 g/mol. The van der Waals surface area contributed by atoms with Crippen molar-refractivity contribution in [1.82, 2.24) is 14.9 Å². The summed E-state index contributed by atoms with van der Waals surface area (Å²) in [6.07, 6.45) is 0. The molecular weight excluding hydrogens is 333 g/mol. The fourth-order valence-corrected chi connectivity index (χ4v) is 2.57. The van der Waals surface area contributed by atoms with Crippen molar-refractivity contribution in [2.45, 2.75) is 6.54 Å². The van der Waals surface area contributed by atoms with Crippen LogP contribution in [0.1, 0.15) is 4.88 Å². The fourth-order valence-electron chi connectivity index (χ4n) is 1.58. The Morgan fingerprint density at radius 3 is 3.11 bits per heavy atom. The lowest BCUT2D eigenvalue weighted by molar-refractivity contribution is 0.199. The van der Waals surface area contributed by atoms with E-state index in [-0.39, 0.29) is 5.82 Å². The molecule has 19 heavy (non-hydrogen) atoms. The minimum absolute atomic E-state index is 0.297. The van der Waals surface area contributed by atoms with Crippen LogP contribution in [0.4, 0.5) is 4.39 Å². The molecule has 0 spiro atoms. The first-order chi connectivity index (χ1) is 9.22. The molecule has 0 radical (unpaired) electrons. The van der Waals surface area contributed by atoms with E-state index in [0.717, 1.165) is 15.9 Å². The molecule has 4 nitrogen and oxygen atoms in total. The average molecular weight is 346 g/mol. The zero-order valence-corrected chi connectivity index (χ0v) is 12.7. The molecule has 0 unspecified atom stereocenters. The molecule has 102 valence electrons. The number of benzene rings is 1. The maximum atomic E-state index is 13.8. The van der Waals surface area contributed by atoms with Crippen LogP contribution in [0.25, 0.3) is 11.3 Å². The van der Waals surface area contributed by atoms with Gasteiger partial charge in [0.15, 0.2) is 0 Å². The second kappa shape index (κ2) is 7.04. The van der Waals surface area contributed by atoms with Crippen molar-refractivity contribution in [3.63, 3.8) is 0 Å². The smallest absolute Gasteiger partial charge is 0.132 e. The number of rotatable bonds is 6. The summed E-state index contributed by atoms with van der Waals surface area (Å²) in [6.45, 7) is 1.96. The summed E-state index contributed by atoms with van der Waals surface area (Å²) in [7, 11) is 1.65. The molecule has 0 aliphatic carbocycles. The molecular formula is C12H13BrFN3OS. The molecule has 0 aliphatic rings. The summed E-state index contributed by atoms with van der Waals surface area (Å²) in [5.41, 5.74) is 1.06. The first-order valence-electron chi connectivity index (χ1n) is 5.68. The third-order valence-corrected chi connectivity index (χ3v) is 3.72. The molecule has 0 saturated carbocycles. The van der Waals surface area contributed by atoms with Crippen LogP contribution in [-0.4, -0.2) is 29.8 Å². The van der Waals surface area contributed by atoms with E-state index in [1.165, 1.54) is 17.6 Å². The number of aromatic nitrogens is 2. The molecule has 2 aromatic rings. The van der Waals surface area contributed by atoms with E-state index in [9.17, 15) is 4.39 Å². The van der Waals surface area contributed by atoms with Gasteiger partial charge >= 0.3 is 0 Å². The summed E-state index contributed by atoms with van der Waals surface area (Å²) in [5.74, 6) is -0.297. The number of nitrogens with zero attached hydrogens (tertiary/aromatic N) is 2. The van der Waals surface area contributed by atoms with Crippen molar-refractivity contribution in [2.75, 3.05) is 20.3 Å². The van der Waals surface area contributed by atoms with E-state index in [1.54, 1.807) is 19.2 Å². The van der Waals surface area contributed by atoms with Gasteiger partial charge < -0.3 is 10.1 Å². The van der Waals surface area contributed by atoms with E-state index in [0.29, 0.717) is 24.4 Å². The Hall–Kier alpha value is -0.890. The van der Waals surface area contributed by atoms with Gasteiger partial charge in [-0.15, -0.1) is 5.10 Å². The SMILES string of the molecule is COCCNCc1snnc1-c1cc(Br)ccc1F. The van der Waals surface area contributed by atoms with Crippen LogP contribution in [0.2, 0.25) is 0 Å². The highest BCUT2D eigenvalue weighted by molar-refractivity contribution is 9.10. The Bertz CT molecular complexity index is 550. The Balaban J connectivity index is 2.16. The molecule has 1 heterocycles. The first kappa shape index (κ1) is 14.5. The second-order valence-electron chi connectivity index (χ2n) is 3.84. The standard InChI is InChI=1S/C12H13BrFN3OS/c1-18-5-4-15-7-11-12(16-17-19-11)9-6-8(13)2-3-10(9)14/h2-3,6,15H,4-5,7H2,1H3. The maximum Gasteiger partial charge on any atom is 0.132 e. The molecule has 2 rings (SSSR count). The number of hydrogen-bond donors (Lipinski definition) is 1. The Morgan fingerprint density at radius 2 is 2.32 bits per heavy atom. The van der Waals surface area contributed by atoms with Gasteiger partial charge in [-0.05, 0) is 29.7 Å². The predicted octanol–water partition coefficient (Wildman–Crippen LogP) is 2.84. The summed E-state index contributed by atoms with van der Waals surface area (Å²) < 4.78 is 23.5. The average Bonchev–Trinajstić information content (AvgIpc) is 2.86. The number of methoxy groups -OCH3 is 1. The number of ether oxygens (including phenoxy) is 1. The summed E-state index contributed by atoms with van der Waals surface area (Å²) in [4.78, 5) is 0.910. The van der Waals surface area contributed by atoms with Crippen LogP contribution in [0.3, 0.4) is 0 Å². The van der Waals surface area contributed by atoms with Gasteiger partial charge in [0.05, 0.1) is 11.5 Å². The van der Waals surface area contributed by atoms with Crippen molar-refractivity contribution in [3.8, 4) is 11.3 Å². The fraction of sp³-hybridized carbons (Fsp3) is 0.333. The van der Waals surface area contributed by atoms with Gasteiger partial charge in [-0.2, -0.15) is 0 Å². The third kappa shape index (κ3) is 3.79. The second-order valence-corrected chi connectivity index (χ2v) is 5.59. The van der Waals surface area contributed by atoms with Gasteiger partial charge in [0, 0.05) is 30.2 Å². The first-order valence-corrected chi connectivity index (χ1v) is 7.25. The lowest BCUT2D eigenvalue weighted by Gasteiger charge is -2.05. The van der Waals surface area contributed by atoms with Crippen LogP contribution < -0.4 is 5.32 Å². The quantitative estimate of drug-likeness (QED) is 0.817. The molecule has 0 aliphatic heterocycles. The molecule has 1 aromatic heterocycles. The van der Waals surface area contributed by atoms with Crippen molar-refractivity contribution >= 4 is 27.5 Å². The normalized spacial score (nSPS) is 10.9.